The molecule has 1 atom stereocenters. The first kappa shape index (κ1) is 22.7. The molecular formula is C31H27N5O2. The van der Waals surface area contributed by atoms with Crippen molar-refractivity contribution in [2.45, 2.75) is 19.0 Å². The van der Waals surface area contributed by atoms with E-state index in [1.165, 1.54) is 0 Å². The van der Waals surface area contributed by atoms with Gasteiger partial charge in [-0.05, 0) is 34.9 Å². The Bertz CT molecular complexity index is 1540. The van der Waals surface area contributed by atoms with Gasteiger partial charge in [0.1, 0.15) is 12.1 Å². The number of hydrogen-bond acceptors (Lipinski definition) is 5. The van der Waals surface area contributed by atoms with Crippen molar-refractivity contribution in [1.29, 1.82) is 0 Å². The predicted molar refractivity (Wildman–Crippen MR) is 145 cm³/mol. The molecule has 188 valence electrons. The van der Waals surface area contributed by atoms with Crippen LogP contribution in [-0.4, -0.2) is 57.8 Å². The molecule has 0 spiro atoms. The van der Waals surface area contributed by atoms with Crippen molar-refractivity contribution < 1.29 is 9.59 Å². The van der Waals surface area contributed by atoms with E-state index in [4.69, 9.17) is 0 Å². The normalized spacial score (nSPS) is 18.2. The second kappa shape index (κ2) is 9.10. The van der Waals surface area contributed by atoms with Crippen LogP contribution in [0.15, 0.2) is 85.2 Å². The van der Waals surface area contributed by atoms with Crippen LogP contribution in [0.1, 0.15) is 43.6 Å². The van der Waals surface area contributed by atoms with Gasteiger partial charge in [-0.15, -0.1) is 0 Å². The molecule has 38 heavy (non-hydrogen) atoms. The SMILES string of the molecule is O=C(c1ccc(-c2ccccc2)cc1)N1CCc2ncnc(N3CCN4C(=O)c5ccccc5C4C3)c2C1. The van der Waals surface area contributed by atoms with Crippen molar-refractivity contribution in [3.63, 3.8) is 0 Å². The topological polar surface area (TPSA) is 69.6 Å². The third-order valence-corrected chi connectivity index (χ3v) is 8.00. The minimum Gasteiger partial charge on any atom is -0.352 e. The Kier molecular flexibility index (Phi) is 5.43. The zero-order chi connectivity index (χ0) is 25.6. The minimum atomic E-state index is 0.0162. The summed E-state index contributed by atoms with van der Waals surface area (Å²) in [5, 5.41) is 0. The van der Waals surface area contributed by atoms with Crippen LogP contribution in [-0.2, 0) is 13.0 Å². The first-order valence-electron chi connectivity index (χ1n) is 13.1. The molecule has 3 aliphatic rings. The molecule has 4 aromatic rings. The molecule has 3 aliphatic heterocycles. The number of rotatable bonds is 3. The fourth-order valence-corrected chi connectivity index (χ4v) is 6.01. The molecule has 0 aliphatic carbocycles. The highest BCUT2D eigenvalue weighted by Crippen LogP contribution is 2.38. The lowest BCUT2D eigenvalue weighted by molar-refractivity contribution is 0.0702. The van der Waals surface area contributed by atoms with Crippen molar-refractivity contribution in [2.24, 2.45) is 0 Å². The number of carbonyl (C=O) groups is 2. The zero-order valence-electron chi connectivity index (χ0n) is 21.0. The van der Waals surface area contributed by atoms with Gasteiger partial charge in [0.2, 0.25) is 0 Å². The quantitative estimate of drug-likeness (QED) is 0.417. The summed E-state index contributed by atoms with van der Waals surface area (Å²) in [6, 6.07) is 25.9. The summed E-state index contributed by atoms with van der Waals surface area (Å²) in [7, 11) is 0. The van der Waals surface area contributed by atoms with Crippen molar-refractivity contribution in [2.75, 3.05) is 31.1 Å². The second-order valence-corrected chi connectivity index (χ2v) is 10.1. The van der Waals surface area contributed by atoms with E-state index in [1.54, 1.807) is 6.33 Å². The number of hydrogen-bond donors (Lipinski definition) is 0. The van der Waals surface area contributed by atoms with Gasteiger partial charge in [0, 0.05) is 49.3 Å². The maximum atomic E-state index is 13.5. The van der Waals surface area contributed by atoms with Gasteiger partial charge in [-0.2, -0.15) is 0 Å². The summed E-state index contributed by atoms with van der Waals surface area (Å²) < 4.78 is 0. The number of carbonyl (C=O) groups excluding carboxylic acids is 2. The first-order chi connectivity index (χ1) is 18.7. The van der Waals surface area contributed by atoms with Crippen molar-refractivity contribution in [1.82, 2.24) is 19.8 Å². The van der Waals surface area contributed by atoms with Gasteiger partial charge in [0.05, 0.1) is 18.3 Å². The van der Waals surface area contributed by atoms with Crippen LogP contribution in [0, 0.1) is 0 Å². The van der Waals surface area contributed by atoms with Crippen LogP contribution in [0.25, 0.3) is 11.1 Å². The average molecular weight is 502 g/mol. The number of anilines is 1. The van der Waals surface area contributed by atoms with Gasteiger partial charge >= 0.3 is 0 Å². The Hall–Kier alpha value is -4.52. The molecule has 3 aromatic carbocycles. The third kappa shape index (κ3) is 3.74. The molecule has 7 rings (SSSR count). The molecule has 1 saturated heterocycles. The van der Waals surface area contributed by atoms with E-state index in [0.29, 0.717) is 44.7 Å². The molecule has 4 heterocycles. The van der Waals surface area contributed by atoms with Crippen molar-refractivity contribution in [3.8, 4) is 11.1 Å². The van der Waals surface area contributed by atoms with E-state index in [1.807, 2.05) is 70.5 Å². The van der Waals surface area contributed by atoms with Crippen LogP contribution in [0.5, 0.6) is 0 Å². The first-order valence-corrected chi connectivity index (χ1v) is 13.1. The van der Waals surface area contributed by atoms with E-state index >= 15 is 0 Å². The zero-order valence-corrected chi connectivity index (χ0v) is 21.0. The smallest absolute Gasteiger partial charge is 0.254 e. The summed E-state index contributed by atoms with van der Waals surface area (Å²) in [4.78, 5) is 41.8. The second-order valence-electron chi connectivity index (χ2n) is 10.1. The fraction of sp³-hybridized carbons (Fsp3) is 0.226. The third-order valence-electron chi connectivity index (χ3n) is 8.00. The van der Waals surface area contributed by atoms with E-state index < -0.39 is 0 Å². The maximum Gasteiger partial charge on any atom is 0.254 e. The van der Waals surface area contributed by atoms with Crippen LogP contribution >= 0.6 is 0 Å². The van der Waals surface area contributed by atoms with Gasteiger partial charge in [0.15, 0.2) is 0 Å². The lowest BCUT2D eigenvalue weighted by Gasteiger charge is -2.40. The van der Waals surface area contributed by atoms with Crippen LogP contribution < -0.4 is 4.90 Å². The Morgan fingerprint density at radius 1 is 0.816 bits per heavy atom. The molecule has 0 bridgehead atoms. The molecule has 7 nitrogen and oxygen atoms in total. The number of benzene rings is 3. The fourth-order valence-electron chi connectivity index (χ4n) is 6.01. The van der Waals surface area contributed by atoms with E-state index in [0.717, 1.165) is 39.3 Å². The van der Waals surface area contributed by atoms with Gasteiger partial charge in [0.25, 0.3) is 11.8 Å². The molecule has 1 fully saturated rings. The largest absolute Gasteiger partial charge is 0.352 e. The number of piperazine rings is 1. The lowest BCUT2D eigenvalue weighted by Crippen LogP contribution is -2.48. The van der Waals surface area contributed by atoms with E-state index in [-0.39, 0.29) is 17.9 Å². The summed E-state index contributed by atoms with van der Waals surface area (Å²) in [6.07, 6.45) is 2.33. The molecule has 0 N–H and O–H groups in total. The predicted octanol–water partition coefficient (Wildman–Crippen LogP) is 4.36. The Morgan fingerprint density at radius 3 is 2.42 bits per heavy atom. The molecule has 1 unspecified atom stereocenters. The average Bonchev–Trinajstić information content (AvgIpc) is 3.28. The summed E-state index contributed by atoms with van der Waals surface area (Å²) in [6.45, 7) is 3.13. The molecule has 0 radical (unpaired) electrons. The van der Waals surface area contributed by atoms with Gasteiger partial charge < -0.3 is 14.7 Å². The highest BCUT2D eigenvalue weighted by molar-refractivity contribution is 5.99. The van der Waals surface area contributed by atoms with Crippen molar-refractivity contribution >= 4 is 17.6 Å². The minimum absolute atomic E-state index is 0.0162. The number of fused-ring (bicyclic) bond motifs is 4. The maximum absolute atomic E-state index is 13.5. The number of nitrogens with zero attached hydrogens (tertiary/aromatic N) is 5. The van der Waals surface area contributed by atoms with Crippen molar-refractivity contribution in [3.05, 3.63) is 113 Å². The molecule has 0 saturated carbocycles. The molecule has 2 amide bonds. The molecular weight excluding hydrogens is 474 g/mol. The lowest BCUT2D eigenvalue weighted by atomic mass is 10.0. The standard InChI is InChI=1S/C31H27N5O2/c37-30(23-12-10-22(11-13-23)21-6-2-1-3-7-21)35-15-14-27-26(18-35)29(33-20-32-27)34-16-17-36-28(19-34)24-8-4-5-9-25(24)31(36)38/h1-13,20,28H,14-19H2. The van der Waals surface area contributed by atoms with Gasteiger partial charge in [-0.25, -0.2) is 9.97 Å². The number of amides is 2. The van der Waals surface area contributed by atoms with Crippen LogP contribution in [0.2, 0.25) is 0 Å². The monoisotopic (exact) mass is 501 g/mol. The van der Waals surface area contributed by atoms with Gasteiger partial charge in [-0.1, -0.05) is 60.7 Å². The highest BCUT2D eigenvalue weighted by Gasteiger charge is 2.41. The van der Waals surface area contributed by atoms with E-state index in [9.17, 15) is 9.59 Å². The van der Waals surface area contributed by atoms with E-state index in [2.05, 4.69) is 33.1 Å². The Morgan fingerprint density at radius 2 is 1.58 bits per heavy atom. The summed E-state index contributed by atoms with van der Waals surface area (Å²) >= 11 is 0. The highest BCUT2D eigenvalue weighted by atomic mass is 16.2. The van der Waals surface area contributed by atoms with Crippen LogP contribution in [0.4, 0.5) is 5.82 Å². The van der Waals surface area contributed by atoms with Crippen LogP contribution in [0.3, 0.4) is 0 Å². The summed E-state index contributed by atoms with van der Waals surface area (Å²) in [5.74, 6) is 1.01. The Balaban J connectivity index is 1.13. The number of aromatic nitrogens is 2. The Labute approximate surface area is 221 Å². The molecule has 7 heteroatoms. The molecule has 1 aromatic heterocycles. The summed E-state index contributed by atoms with van der Waals surface area (Å²) in [5.41, 5.74) is 6.81. The van der Waals surface area contributed by atoms with Gasteiger partial charge in [-0.3, -0.25) is 9.59 Å².